The zero-order chi connectivity index (χ0) is 10.5. The van der Waals surface area contributed by atoms with Crippen LogP contribution in [0, 0.1) is 5.41 Å². The van der Waals surface area contributed by atoms with E-state index in [4.69, 9.17) is 5.90 Å². The third-order valence-electron chi connectivity index (χ3n) is 2.21. The molecule has 0 aromatic carbocycles. The highest BCUT2D eigenvalue weighted by Gasteiger charge is 2.27. The second-order valence-electron chi connectivity index (χ2n) is 4.41. The summed E-state index contributed by atoms with van der Waals surface area (Å²) in [7, 11) is 3.97. The number of aliphatic hydroxyl groups excluding tert-OH is 1. The zero-order valence-electron chi connectivity index (χ0n) is 9.08. The minimum Gasteiger partial charge on any atom is -0.392 e. The first-order chi connectivity index (χ1) is 5.90. The number of hydrogen-bond donors (Lipinski definition) is 2. The third-order valence-corrected chi connectivity index (χ3v) is 2.21. The number of nitrogens with two attached hydrogens (primary N) is 1. The van der Waals surface area contributed by atoms with E-state index in [2.05, 4.69) is 4.84 Å². The number of aliphatic hydroxyl groups is 1. The summed E-state index contributed by atoms with van der Waals surface area (Å²) in [5.74, 6) is 4.99. The van der Waals surface area contributed by atoms with Gasteiger partial charge in [-0.15, -0.1) is 0 Å². The maximum Gasteiger partial charge on any atom is 0.0754 e. The SMILES string of the molecule is CN(C)CCC(O)C(C)(C)CON. The van der Waals surface area contributed by atoms with Crippen LogP contribution in [0.15, 0.2) is 0 Å². The van der Waals surface area contributed by atoms with Crippen LogP contribution in [0.4, 0.5) is 0 Å². The van der Waals surface area contributed by atoms with Gasteiger partial charge in [-0.1, -0.05) is 13.8 Å². The standard InChI is InChI=1S/C9H22N2O2/c1-9(2,7-13-10)8(12)5-6-11(3)4/h8,12H,5-7,10H2,1-4H3. The minimum atomic E-state index is -0.376. The van der Waals surface area contributed by atoms with Crippen molar-refractivity contribution in [3.63, 3.8) is 0 Å². The minimum absolute atomic E-state index is 0.273. The summed E-state index contributed by atoms with van der Waals surface area (Å²) in [6.07, 6.45) is 0.363. The van der Waals surface area contributed by atoms with Crippen molar-refractivity contribution in [3.05, 3.63) is 0 Å². The van der Waals surface area contributed by atoms with Crippen molar-refractivity contribution in [1.82, 2.24) is 4.90 Å². The van der Waals surface area contributed by atoms with E-state index in [0.29, 0.717) is 6.61 Å². The third kappa shape index (κ3) is 5.21. The van der Waals surface area contributed by atoms with E-state index >= 15 is 0 Å². The first-order valence-electron chi connectivity index (χ1n) is 4.54. The smallest absolute Gasteiger partial charge is 0.0754 e. The van der Waals surface area contributed by atoms with Gasteiger partial charge in [-0.2, -0.15) is 0 Å². The van der Waals surface area contributed by atoms with Crippen LogP contribution in [0.3, 0.4) is 0 Å². The fraction of sp³-hybridized carbons (Fsp3) is 1.00. The molecule has 80 valence electrons. The summed E-state index contributed by atoms with van der Waals surface area (Å²) in [6.45, 7) is 5.14. The van der Waals surface area contributed by atoms with Crippen LogP contribution >= 0.6 is 0 Å². The van der Waals surface area contributed by atoms with E-state index in [9.17, 15) is 5.11 Å². The van der Waals surface area contributed by atoms with Crippen molar-refractivity contribution in [2.45, 2.75) is 26.4 Å². The van der Waals surface area contributed by atoms with Gasteiger partial charge >= 0.3 is 0 Å². The Kier molecular flexibility index (Phi) is 5.48. The molecule has 0 heterocycles. The van der Waals surface area contributed by atoms with E-state index in [1.54, 1.807) is 0 Å². The Morgan fingerprint density at radius 1 is 1.46 bits per heavy atom. The van der Waals surface area contributed by atoms with Crippen LogP contribution in [0.25, 0.3) is 0 Å². The Balaban J connectivity index is 3.86. The van der Waals surface area contributed by atoms with Crippen molar-refractivity contribution >= 4 is 0 Å². The summed E-state index contributed by atoms with van der Waals surface area (Å²) >= 11 is 0. The largest absolute Gasteiger partial charge is 0.392 e. The quantitative estimate of drug-likeness (QED) is 0.588. The average Bonchev–Trinajstić information content (AvgIpc) is 1.99. The summed E-state index contributed by atoms with van der Waals surface area (Å²) in [6, 6.07) is 0. The normalized spacial score (nSPS) is 15.0. The molecule has 1 atom stereocenters. The summed E-state index contributed by atoms with van der Waals surface area (Å²) < 4.78 is 0. The molecular weight excluding hydrogens is 168 g/mol. The Hall–Kier alpha value is -0.160. The molecule has 4 heteroatoms. The fourth-order valence-electron chi connectivity index (χ4n) is 1.08. The summed E-state index contributed by atoms with van der Waals surface area (Å²) in [4.78, 5) is 6.61. The van der Waals surface area contributed by atoms with Gasteiger partial charge in [0.25, 0.3) is 0 Å². The Bertz CT molecular complexity index is 138. The molecular formula is C9H22N2O2. The second-order valence-corrected chi connectivity index (χ2v) is 4.41. The van der Waals surface area contributed by atoms with Crippen molar-refractivity contribution in [1.29, 1.82) is 0 Å². The van der Waals surface area contributed by atoms with Gasteiger partial charge < -0.3 is 14.8 Å². The lowest BCUT2D eigenvalue weighted by Gasteiger charge is -2.30. The topological polar surface area (TPSA) is 58.7 Å². The van der Waals surface area contributed by atoms with Gasteiger partial charge in [0, 0.05) is 12.0 Å². The highest BCUT2D eigenvalue weighted by molar-refractivity contribution is 4.77. The van der Waals surface area contributed by atoms with E-state index < -0.39 is 0 Å². The number of rotatable bonds is 6. The zero-order valence-corrected chi connectivity index (χ0v) is 9.08. The molecule has 3 N–H and O–H groups in total. The van der Waals surface area contributed by atoms with Crippen LogP contribution in [-0.2, 0) is 4.84 Å². The van der Waals surface area contributed by atoms with Crippen LogP contribution < -0.4 is 5.90 Å². The van der Waals surface area contributed by atoms with Crippen molar-refractivity contribution in [3.8, 4) is 0 Å². The van der Waals surface area contributed by atoms with Gasteiger partial charge in [0.15, 0.2) is 0 Å². The van der Waals surface area contributed by atoms with Gasteiger partial charge in [0.05, 0.1) is 12.7 Å². The number of nitrogens with zero attached hydrogens (tertiary/aromatic N) is 1. The molecule has 0 fully saturated rings. The second kappa shape index (κ2) is 5.54. The van der Waals surface area contributed by atoms with Crippen molar-refractivity contribution in [2.24, 2.45) is 11.3 Å². The molecule has 4 nitrogen and oxygen atoms in total. The van der Waals surface area contributed by atoms with E-state index in [0.717, 1.165) is 13.0 Å². The van der Waals surface area contributed by atoms with E-state index in [1.807, 2.05) is 32.8 Å². The predicted octanol–water partition coefficient (Wildman–Crippen LogP) is 0.215. The van der Waals surface area contributed by atoms with Gasteiger partial charge in [-0.25, -0.2) is 5.90 Å². The van der Waals surface area contributed by atoms with Gasteiger partial charge in [-0.3, -0.25) is 0 Å². The van der Waals surface area contributed by atoms with E-state index in [-0.39, 0.29) is 11.5 Å². The molecule has 13 heavy (non-hydrogen) atoms. The highest BCUT2D eigenvalue weighted by Crippen LogP contribution is 2.22. The Morgan fingerprint density at radius 3 is 2.38 bits per heavy atom. The molecule has 0 aliphatic heterocycles. The predicted molar refractivity (Wildman–Crippen MR) is 53.1 cm³/mol. The molecule has 0 aliphatic rings. The molecule has 0 amide bonds. The monoisotopic (exact) mass is 190 g/mol. The molecule has 0 rings (SSSR count). The first kappa shape index (κ1) is 12.8. The van der Waals surface area contributed by atoms with Crippen LogP contribution in [0.1, 0.15) is 20.3 Å². The fourth-order valence-corrected chi connectivity index (χ4v) is 1.08. The van der Waals surface area contributed by atoms with E-state index in [1.165, 1.54) is 0 Å². The number of hydrogen-bond acceptors (Lipinski definition) is 4. The lowest BCUT2D eigenvalue weighted by atomic mass is 9.86. The lowest BCUT2D eigenvalue weighted by molar-refractivity contribution is -0.0300. The van der Waals surface area contributed by atoms with Crippen molar-refractivity contribution in [2.75, 3.05) is 27.2 Å². The molecule has 0 radical (unpaired) electrons. The van der Waals surface area contributed by atoms with Gasteiger partial charge in [0.2, 0.25) is 0 Å². The Labute approximate surface area is 80.6 Å². The molecule has 0 saturated carbocycles. The summed E-state index contributed by atoms with van der Waals surface area (Å²) in [5.41, 5.74) is -0.273. The lowest BCUT2D eigenvalue weighted by Crippen LogP contribution is -2.36. The van der Waals surface area contributed by atoms with Crippen LogP contribution in [0.5, 0.6) is 0 Å². The molecule has 0 aromatic rings. The molecule has 0 aliphatic carbocycles. The maximum atomic E-state index is 9.79. The van der Waals surface area contributed by atoms with Crippen LogP contribution in [0.2, 0.25) is 0 Å². The molecule has 0 aromatic heterocycles. The average molecular weight is 190 g/mol. The molecule has 1 unspecified atom stereocenters. The molecule has 0 bridgehead atoms. The Morgan fingerprint density at radius 2 is 2.00 bits per heavy atom. The molecule has 0 spiro atoms. The maximum absolute atomic E-state index is 9.79. The van der Waals surface area contributed by atoms with Gasteiger partial charge in [-0.05, 0) is 20.5 Å². The van der Waals surface area contributed by atoms with Crippen molar-refractivity contribution < 1.29 is 9.94 Å². The molecule has 0 saturated heterocycles. The first-order valence-corrected chi connectivity index (χ1v) is 4.54. The van der Waals surface area contributed by atoms with Crippen LogP contribution in [-0.4, -0.2) is 43.4 Å². The highest BCUT2D eigenvalue weighted by atomic mass is 16.6. The summed E-state index contributed by atoms with van der Waals surface area (Å²) in [5, 5.41) is 9.79. The van der Waals surface area contributed by atoms with Gasteiger partial charge in [0.1, 0.15) is 0 Å².